The quantitative estimate of drug-likeness (QED) is 0.417. The van der Waals surface area contributed by atoms with Crippen molar-refractivity contribution >= 4 is 21.9 Å². The molecule has 1 aromatic heterocycles. The maximum atomic E-state index is 6.11. The van der Waals surface area contributed by atoms with E-state index in [9.17, 15) is 0 Å². The van der Waals surface area contributed by atoms with Crippen LogP contribution in [0.3, 0.4) is 0 Å². The molecule has 108 valence electrons. The van der Waals surface area contributed by atoms with Crippen LogP contribution in [0.25, 0.3) is 33.1 Å². The van der Waals surface area contributed by atoms with Gasteiger partial charge in [0.1, 0.15) is 11.2 Å². The van der Waals surface area contributed by atoms with Crippen LogP contribution in [-0.4, -0.2) is 0 Å². The molecule has 4 aromatic rings. The first kappa shape index (κ1) is 13.1. The van der Waals surface area contributed by atoms with Gasteiger partial charge in [-0.05, 0) is 34.7 Å². The Bertz CT molecular complexity index is 946. The molecule has 0 radical (unpaired) electrons. The van der Waals surface area contributed by atoms with Crippen molar-refractivity contribution in [1.29, 1.82) is 0 Å². The topological polar surface area (TPSA) is 13.1 Å². The summed E-state index contributed by atoms with van der Waals surface area (Å²) in [5, 5.41) is 2.49. The van der Waals surface area contributed by atoms with Crippen LogP contribution in [0.1, 0.15) is 25.3 Å². The van der Waals surface area contributed by atoms with Crippen LogP contribution in [0.4, 0.5) is 0 Å². The first-order valence-electron chi connectivity index (χ1n) is 7.75. The molecule has 0 aliphatic carbocycles. The number of fused-ring (bicyclic) bond motifs is 3. The molecule has 22 heavy (non-hydrogen) atoms. The third kappa shape index (κ3) is 1.93. The van der Waals surface area contributed by atoms with E-state index in [2.05, 4.69) is 80.6 Å². The van der Waals surface area contributed by atoms with E-state index in [0.717, 1.165) is 11.2 Å². The van der Waals surface area contributed by atoms with Gasteiger partial charge >= 0.3 is 0 Å². The standard InChI is InChI=1S/C21H18O/c1-14(2)16-10-6-12-18-20(16)21-17(11-7-13-19(21)22-18)15-8-4-3-5-9-15/h3-14H,1-2H3. The Labute approximate surface area is 130 Å². The number of rotatable bonds is 2. The summed E-state index contributed by atoms with van der Waals surface area (Å²) >= 11 is 0. The van der Waals surface area contributed by atoms with Crippen LogP contribution < -0.4 is 0 Å². The maximum absolute atomic E-state index is 6.11. The van der Waals surface area contributed by atoms with Gasteiger partial charge < -0.3 is 4.42 Å². The van der Waals surface area contributed by atoms with Gasteiger partial charge in [0.15, 0.2) is 0 Å². The van der Waals surface area contributed by atoms with Crippen LogP contribution in [0, 0.1) is 0 Å². The number of furan rings is 1. The van der Waals surface area contributed by atoms with E-state index >= 15 is 0 Å². The molecule has 0 amide bonds. The first-order valence-corrected chi connectivity index (χ1v) is 7.75. The molecular weight excluding hydrogens is 268 g/mol. The predicted octanol–water partition coefficient (Wildman–Crippen LogP) is 6.38. The van der Waals surface area contributed by atoms with Gasteiger partial charge in [-0.2, -0.15) is 0 Å². The number of benzene rings is 3. The molecule has 1 nitrogen and oxygen atoms in total. The summed E-state index contributed by atoms with van der Waals surface area (Å²) in [6, 6.07) is 23.2. The lowest BCUT2D eigenvalue weighted by molar-refractivity contribution is 0.668. The van der Waals surface area contributed by atoms with Crippen LogP contribution in [0.2, 0.25) is 0 Å². The average molecular weight is 286 g/mol. The van der Waals surface area contributed by atoms with Gasteiger partial charge in [0, 0.05) is 10.8 Å². The highest BCUT2D eigenvalue weighted by molar-refractivity contribution is 6.13. The smallest absolute Gasteiger partial charge is 0.136 e. The fourth-order valence-electron chi connectivity index (χ4n) is 3.23. The molecule has 3 aromatic carbocycles. The highest BCUT2D eigenvalue weighted by Gasteiger charge is 2.16. The summed E-state index contributed by atoms with van der Waals surface area (Å²) < 4.78 is 6.11. The van der Waals surface area contributed by atoms with Crippen molar-refractivity contribution in [3.63, 3.8) is 0 Å². The summed E-state index contributed by atoms with van der Waals surface area (Å²) in [7, 11) is 0. The minimum Gasteiger partial charge on any atom is -0.456 e. The summed E-state index contributed by atoms with van der Waals surface area (Å²) in [6.07, 6.45) is 0. The highest BCUT2D eigenvalue weighted by Crippen LogP contribution is 2.39. The van der Waals surface area contributed by atoms with Gasteiger partial charge in [-0.1, -0.05) is 68.4 Å². The van der Waals surface area contributed by atoms with Gasteiger partial charge in [0.05, 0.1) is 0 Å². The molecule has 0 N–H and O–H groups in total. The minimum atomic E-state index is 0.466. The molecule has 1 heterocycles. The van der Waals surface area contributed by atoms with Crippen molar-refractivity contribution < 1.29 is 4.42 Å². The van der Waals surface area contributed by atoms with Gasteiger partial charge in [-0.3, -0.25) is 0 Å². The molecular formula is C21H18O. The van der Waals surface area contributed by atoms with E-state index in [-0.39, 0.29) is 0 Å². The third-order valence-corrected chi connectivity index (χ3v) is 4.26. The van der Waals surface area contributed by atoms with Crippen LogP contribution in [0.5, 0.6) is 0 Å². The number of hydrogen-bond donors (Lipinski definition) is 0. The Morgan fingerprint density at radius 3 is 2.09 bits per heavy atom. The van der Waals surface area contributed by atoms with Gasteiger partial charge in [0.25, 0.3) is 0 Å². The van der Waals surface area contributed by atoms with Crippen molar-refractivity contribution in [2.24, 2.45) is 0 Å². The molecule has 0 saturated carbocycles. The molecule has 0 atom stereocenters. The summed E-state index contributed by atoms with van der Waals surface area (Å²) in [5.41, 5.74) is 5.76. The lowest BCUT2D eigenvalue weighted by atomic mass is 9.93. The van der Waals surface area contributed by atoms with E-state index in [1.165, 1.54) is 27.5 Å². The molecule has 0 spiro atoms. The van der Waals surface area contributed by atoms with Crippen molar-refractivity contribution in [3.05, 3.63) is 72.3 Å². The van der Waals surface area contributed by atoms with E-state index in [0.29, 0.717) is 5.92 Å². The van der Waals surface area contributed by atoms with E-state index in [1.54, 1.807) is 0 Å². The Morgan fingerprint density at radius 2 is 1.36 bits per heavy atom. The summed E-state index contributed by atoms with van der Waals surface area (Å²) in [5.74, 6) is 0.466. The second-order valence-electron chi connectivity index (χ2n) is 6.02. The number of hydrogen-bond acceptors (Lipinski definition) is 1. The molecule has 4 rings (SSSR count). The second kappa shape index (κ2) is 5.03. The van der Waals surface area contributed by atoms with Crippen molar-refractivity contribution in [1.82, 2.24) is 0 Å². The van der Waals surface area contributed by atoms with E-state index in [1.807, 2.05) is 0 Å². The fraction of sp³-hybridized carbons (Fsp3) is 0.143. The second-order valence-corrected chi connectivity index (χ2v) is 6.02. The fourth-order valence-corrected chi connectivity index (χ4v) is 3.23. The van der Waals surface area contributed by atoms with E-state index < -0.39 is 0 Å². The molecule has 0 aliphatic heterocycles. The largest absolute Gasteiger partial charge is 0.456 e. The lowest BCUT2D eigenvalue weighted by Crippen LogP contribution is -1.88. The molecule has 0 bridgehead atoms. The third-order valence-electron chi connectivity index (χ3n) is 4.26. The Hall–Kier alpha value is -2.54. The Kier molecular flexibility index (Phi) is 3.00. The van der Waals surface area contributed by atoms with Crippen LogP contribution in [-0.2, 0) is 0 Å². The summed E-state index contributed by atoms with van der Waals surface area (Å²) in [4.78, 5) is 0. The van der Waals surface area contributed by atoms with Crippen molar-refractivity contribution in [2.45, 2.75) is 19.8 Å². The first-order chi connectivity index (χ1) is 10.8. The summed E-state index contributed by atoms with van der Waals surface area (Å²) in [6.45, 7) is 4.47. The zero-order valence-corrected chi connectivity index (χ0v) is 12.8. The zero-order chi connectivity index (χ0) is 15.1. The average Bonchev–Trinajstić information content (AvgIpc) is 2.94. The lowest BCUT2D eigenvalue weighted by Gasteiger charge is -2.09. The maximum Gasteiger partial charge on any atom is 0.136 e. The molecule has 0 unspecified atom stereocenters. The van der Waals surface area contributed by atoms with Crippen LogP contribution in [0.15, 0.2) is 71.1 Å². The van der Waals surface area contributed by atoms with Crippen molar-refractivity contribution in [3.8, 4) is 11.1 Å². The highest BCUT2D eigenvalue weighted by atomic mass is 16.3. The SMILES string of the molecule is CC(C)c1cccc2oc3cccc(-c4ccccc4)c3c12. The van der Waals surface area contributed by atoms with Gasteiger partial charge in [-0.25, -0.2) is 0 Å². The van der Waals surface area contributed by atoms with E-state index in [4.69, 9.17) is 4.42 Å². The molecule has 0 aliphatic rings. The van der Waals surface area contributed by atoms with Crippen LogP contribution >= 0.6 is 0 Å². The zero-order valence-electron chi connectivity index (χ0n) is 12.8. The Morgan fingerprint density at radius 1 is 0.682 bits per heavy atom. The minimum absolute atomic E-state index is 0.466. The van der Waals surface area contributed by atoms with Crippen molar-refractivity contribution in [2.75, 3.05) is 0 Å². The predicted molar refractivity (Wildman–Crippen MR) is 93.2 cm³/mol. The molecule has 0 saturated heterocycles. The molecule has 0 fully saturated rings. The normalized spacial score (nSPS) is 11.6. The monoisotopic (exact) mass is 286 g/mol. The van der Waals surface area contributed by atoms with Gasteiger partial charge in [-0.15, -0.1) is 0 Å². The molecule has 1 heteroatoms. The van der Waals surface area contributed by atoms with Gasteiger partial charge in [0.2, 0.25) is 0 Å². The Balaban J connectivity index is 2.17.